The van der Waals surface area contributed by atoms with Crippen molar-refractivity contribution in [3.05, 3.63) is 112 Å². The van der Waals surface area contributed by atoms with Crippen LogP contribution >= 0.6 is 0 Å². The monoisotopic (exact) mass is 762 g/mol. The molecule has 4 aromatic rings. The molecule has 2 saturated heterocycles. The average Bonchev–Trinajstić information content (AvgIpc) is 3.89. The van der Waals surface area contributed by atoms with Gasteiger partial charge in [-0.05, 0) is 73.8 Å². The normalized spacial score (nSPS) is 19.0. The standard InChI is InChI=1S/C41H43FN8O6/c1-47(20-27-18-26-21-50(40(54)30(26)19-32(27)42)34-12-13-35(51)43-39(34)53)28-14-16-48(17-15-28)29-10-8-25(9-11-29)38(52)44-37-31-22-49(23-33(31)45-46-37)41(55)36(56-2)24-6-4-3-5-7-24/h3-11,18-19,28,34,36H,12-17,20-23H2,1-2H3,(H,43,51,53)(H2,44,45,46,52)/t34?,36-/m1/s1. The number of H-pyrrole nitrogens is 1. The summed E-state index contributed by atoms with van der Waals surface area (Å²) < 4.78 is 20.9. The van der Waals surface area contributed by atoms with E-state index in [2.05, 4.69) is 30.6 Å². The van der Waals surface area contributed by atoms with Gasteiger partial charge in [-0.2, -0.15) is 5.10 Å². The number of hydrogen-bond donors (Lipinski definition) is 3. The largest absolute Gasteiger partial charge is 0.371 e. The quantitative estimate of drug-likeness (QED) is 0.204. The van der Waals surface area contributed by atoms with Crippen molar-refractivity contribution in [2.45, 2.75) is 70.0 Å². The second-order valence-electron chi connectivity index (χ2n) is 14.9. The molecule has 1 aromatic heterocycles. The Kier molecular flexibility index (Phi) is 10.1. The lowest BCUT2D eigenvalue weighted by atomic mass is 10.0. The zero-order valence-corrected chi connectivity index (χ0v) is 31.2. The molecule has 5 heterocycles. The number of methoxy groups -OCH3 is 1. The van der Waals surface area contributed by atoms with Crippen molar-refractivity contribution in [1.82, 2.24) is 30.2 Å². The summed E-state index contributed by atoms with van der Waals surface area (Å²) in [5, 5.41) is 12.5. The number of benzene rings is 3. The molecule has 290 valence electrons. The van der Waals surface area contributed by atoms with Crippen LogP contribution in [-0.4, -0.2) is 93.8 Å². The molecule has 8 rings (SSSR count). The third-order valence-electron chi connectivity index (χ3n) is 11.4. The minimum atomic E-state index is -0.745. The molecule has 2 fully saturated rings. The number of halogens is 1. The summed E-state index contributed by atoms with van der Waals surface area (Å²) in [5.74, 6) is -1.77. The highest BCUT2D eigenvalue weighted by atomic mass is 19.1. The fourth-order valence-corrected chi connectivity index (χ4v) is 8.30. The van der Waals surface area contributed by atoms with Crippen molar-refractivity contribution in [3.8, 4) is 0 Å². The predicted molar refractivity (Wildman–Crippen MR) is 203 cm³/mol. The predicted octanol–water partition coefficient (Wildman–Crippen LogP) is 3.89. The zero-order valence-electron chi connectivity index (χ0n) is 31.2. The third kappa shape index (κ3) is 7.15. The minimum absolute atomic E-state index is 0.161. The number of imide groups is 1. The van der Waals surface area contributed by atoms with Gasteiger partial charge in [-0.3, -0.25) is 39.3 Å². The van der Waals surface area contributed by atoms with E-state index >= 15 is 4.39 Å². The second-order valence-corrected chi connectivity index (χ2v) is 14.9. The van der Waals surface area contributed by atoms with Crippen LogP contribution in [0.5, 0.6) is 0 Å². The number of carbonyl (C=O) groups excluding carboxylic acids is 5. The minimum Gasteiger partial charge on any atom is -0.371 e. The van der Waals surface area contributed by atoms with E-state index in [1.165, 1.54) is 18.1 Å². The van der Waals surface area contributed by atoms with Gasteiger partial charge in [0.25, 0.3) is 17.7 Å². The molecule has 5 amide bonds. The summed E-state index contributed by atoms with van der Waals surface area (Å²) in [5.41, 5.74) is 5.23. The number of hydrogen-bond acceptors (Lipinski definition) is 9. The Bertz CT molecular complexity index is 2190. The molecule has 3 N–H and O–H groups in total. The summed E-state index contributed by atoms with van der Waals surface area (Å²) >= 11 is 0. The van der Waals surface area contributed by atoms with Gasteiger partial charge in [0.05, 0.1) is 18.8 Å². The molecule has 1 unspecified atom stereocenters. The van der Waals surface area contributed by atoms with E-state index in [4.69, 9.17) is 4.74 Å². The molecule has 0 aliphatic carbocycles. The van der Waals surface area contributed by atoms with E-state index in [1.807, 2.05) is 49.5 Å². The van der Waals surface area contributed by atoms with Gasteiger partial charge in [0.2, 0.25) is 11.8 Å². The number of anilines is 2. The first-order valence-electron chi connectivity index (χ1n) is 18.8. The number of aromatic nitrogens is 2. The smallest absolute Gasteiger partial charge is 0.256 e. The van der Waals surface area contributed by atoms with Crippen LogP contribution in [-0.2, 0) is 45.3 Å². The zero-order chi connectivity index (χ0) is 39.1. The van der Waals surface area contributed by atoms with E-state index in [9.17, 15) is 24.0 Å². The SMILES string of the molecule is CO[C@@H](C(=O)N1Cc2[nH]nc(NC(=O)c3ccc(N4CCC(N(C)Cc5cc6c(cc5F)C(=O)N(C5CCC(=O)NC5=O)C6)CC4)cc3)c2C1)c1ccccc1. The van der Waals surface area contributed by atoms with Crippen molar-refractivity contribution in [3.63, 3.8) is 0 Å². The topological polar surface area (TPSA) is 160 Å². The lowest BCUT2D eigenvalue weighted by molar-refractivity contribution is -0.143. The number of ether oxygens (including phenoxy) is 1. The first-order valence-corrected chi connectivity index (χ1v) is 18.8. The molecule has 4 aliphatic heterocycles. The van der Waals surface area contributed by atoms with Crippen LogP contribution in [0.3, 0.4) is 0 Å². The molecule has 0 radical (unpaired) electrons. The van der Waals surface area contributed by atoms with Crippen LogP contribution < -0.4 is 15.5 Å². The van der Waals surface area contributed by atoms with E-state index in [0.717, 1.165) is 48.4 Å². The van der Waals surface area contributed by atoms with Crippen molar-refractivity contribution in [2.75, 3.05) is 37.5 Å². The first-order chi connectivity index (χ1) is 27.1. The summed E-state index contributed by atoms with van der Waals surface area (Å²) in [7, 11) is 3.49. The van der Waals surface area contributed by atoms with Crippen molar-refractivity contribution < 1.29 is 33.1 Å². The van der Waals surface area contributed by atoms with E-state index in [1.54, 1.807) is 23.1 Å². The third-order valence-corrected chi connectivity index (χ3v) is 11.4. The van der Waals surface area contributed by atoms with E-state index < -0.39 is 29.8 Å². The molecule has 4 aliphatic rings. The van der Waals surface area contributed by atoms with Crippen LogP contribution in [0.25, 0.3) is 0 Å². The second kappa shape index (κ2) is 15.3. The number of fused-ring (bicyclic) bond motifs is 2. The molecule has 0 saturated carbocycles. The fourth-order valence-electron chi connectivity index (χ4n) is 8.30. The van der Waals surface area contributed by atoms with Gasteiger partial charge in [0.15, 0.2) is 11.9 Å². The Morgan fingerprint density at radius 1 is 1.00 bits per heavy atom. The highest BCUT2D eigenvalue weighted by Gasteiger charge is 2.40. The molecule has 56 heavy (non-hydrogen) atoms. The Labute approximate surface area is 323 Å². The molecule has 14 nitrogen and oxygen atoms in total. The number of piperidine rings is 2. The first kappa shape index (κ1) is 37.0. The van der Waals surface area contributed by atoms with Gasteiger partial charge in [-0.1, -0.05) is 30.3 Å². The van der Waals surface area contributed by atoms with E-state index in [0.29, 0.717) is 42.1 Å². The summed E-state index contributed by atoms with van der Waals surface area (Å²) in [6.45, 7) is 2.77. The number of aromatic amines is 1. The van der Waals surface area contributed by atoms with Gasteiger partial charge in [0.1, 0.15) is 11.9 Å². The maximum absolute atomic E-state index is 15.3. The Balaban J connectivity index is 0.831. The van der Waals surface area contributed by atoms with Crippen molar-refractivity contribution >= 4 is 41.0 Å². The van der Waals surface area contributed by atoms with Gasteiger partial charge in [-0.25, -0.2) is 4.39 Å². The number of nitrogens with zero attached hydrogens (tertiary/aromatic N) is 5. The van der Waals surface area contributed by atoms with Crippen molar-refractivity contribution in [2.24, 2.45) is 0 Å². The average molecular weight is 763 g/mol. The van der Waals surface area contributed by atoms with Crippen LogP contribution in [0.1, 0.15) is 80.5 Å². The van der Waals surface area contributed by atoms with Crippen LogP contribution in [0.4, 0.5) is 15.9 Å². The maximum Gasteiger partial charge on any atom is 0.256 e. The highest BCUT2D eigenvalue weighted by molar-refractivity contribution is 6.06. The number of rotatable bonds is 10. The van der Waals surface area contributed by atoms with Crippen LogP contribution in [0.2, 0.25) is 0 Å². The molecule has 2 atom stereocenters. The van der Waals surface area contributed by atoms with Gasteiger partial charge in [-0.15, -0.1) is 0 Å². The van der Waals surface area contributed by atoms with Gasteiger partial charge < -0.3 is 24.8 Å². The number of amides is 5. The fraction of sp³-hybridized carbons (Fsp3) is 0.366. The highest BCUT2D eigenvalue weighted by Crippen LogP contribution is 2.33. The van der Waals surface area contributed by atoms with Crippen molar-refractivity contribution in [1.29, 1.82) is 0 Å². The van der Waals surface area contributed by atoms with Crippen LogP contribution in [0, 0.1) is 5.82 Å². The summed E-state index contributed by atoms with van der Waals surface area (Å²) in [4.78, 5) is 71.3. The number of nitrogens with one attached hydrogen (secondary N) is 3. The Morgan fingerprint density at radius 2 is 1.75 bits per heavy atom. The lowest BCUT2D eigenvalue weighted by Crippen LogP contribution is -2.52. The Hall–Kier alpha value is -5.93. The maximum atomic E-state index is 15.3. The molecular weight excluding hydrogens is 719 g/mol. The molecule has 0 spiro atoms. The molecular formula is C41H43FN8O6. The number of carbonyl (C=O) groups is 5. The molecule has 0 bridgehead atoms. The molecule has 15 heteroatoms. The summed E-state index contributed by atoms with van der Waals surface area (Å²) in [6, 6.07) is 19.3. The van der Waals surface area contributed by atoms with Gasteiger partial charge in [0, 0.05) is 73.7 Å². The molecule has 3 aromatic carbocycles. The van der Waals surface area contributed by atoms with E-state index in [-0.39, 0.29) is 48.7 Å². The lowest BCUT2D eigenvalue weighted by Gasteiger charge is -2.38. The Morgan fingerprint density at radius 3 is 2.46 bits per heavy atom. The van der Waals surface area contributed by atoms with Crippen LogP contribution in [0.15, 0.2) is 66.7 Å². The van der Waals surface area contributed by atoms with Gasteiger partial charge >= 0.3 is 0 Å². The summed E-state index contributed by atoms with van der Waals surface area (Å²) in [6.07, 6.45) is 1.40.